The smallest absolute Gasteiger partial charge is 0.244 e. The number of nitrogens with one attached hydrogen (secondary N) is 1. The number of carbonyl (C=O) groups excluding carboxylic acids is 1. The SMILES string of the molecule is Cc1ccc2nc(NC(=O)C3CCCN3S(=O)(=O)c3ccc4c(c3)OCCO4)sc2c1. The summed E-state index contributed by atoms with van der Waals surface area (Å²) < 4.78 is 39.8. The van der Waals surface area contributed by atoms with E-state index in [1.54, 1.807) is 6.07 Å². The molecule has 8 nitrogen and oxygen atoms in total. The van der Waals surface area contributed by atoms with E-state index in [9.17, 15) is 13.2 Å². The lowest BCUT2D eigenvalue weighted by Crippen LogP contribution is -2.43. The molecule has 1 aromatic heterocycles. The van der Waals surface area contributed by atoms with E-state index in [1.165, 1.54) is 27.8 Å². The number of aryl methyl sites for hydroxylation is 1. The summed E-state index contributed by atoms with van der Waals surface area (Å²) in [6, 6.07) is 9.65. The monoisotopic (exact) mass is 459 g/mol. The number of nitrogens with zero attached hydrogens (tertiary/aromatic N) is 2. The molecule has 2 aliphatic heterocycles. The molecule has 1 amide bonds. The lowest BCUT2D eigenvalue weighted by Gasteiger charge is -2.24. The number of ether oxygens (including phenoxy) is 2. The van der Waals surface area contributed by atoms with Gasteiger partial charge in [0.05, 0.1) is 15.1 Å². The van der Waals surface area contributed by atoms with Crippen molar-refractivity contribution in [3.8, 4) is 11.5 Å². The fourth-order valence-electron chi connectivity index (χ4n) is 3.88. The highest BCUT2D eigenvalue weighted by Crippen LogP contribution is 2.35. The van der Waals surface area contributed by atoms with Gasteiger partial charge < -0.3 is 14.8 Å². The molecule has 0 radical (unpaired) electrons. The van der Waals surface area contributed by atoms with Crippen LogP contribution in [0.1, 0.15) is 18.4 Å². The van der Waals surface area contributed by atoms with Gasteiger partial charge in [0.1, 0.15) is 19.3 Å². The van der Waals surface area contributed by atoms with Crippen LogP contribution in [0.2, 0.25) is 0 Å². The van der Waals surface area contributed by atoms with E-state index in [0.717, 1.165) is 15.8 Å². The molecule has 0 saturated carbocycles. The van der Waals surface area contributed by atoms with Crippen LogP contribution in [0.5, 0.6) is 11.5 Å². The van der Waals surface area contributed by atoms with Crippen molar-refractivity contribution in [2.45, 2.75) is 30.7 Å². The zero-order valence-corrected chi connectivity index (χ0v) is 18.5. The first-order chi connectivity index (χ1) is 14.9. The fourth-order valence-corrected chi connectivity index (χ4v) is 6.52. The molecular weight excluding hydrogens is 438 g/mol. The van der Waals surface area contributed by atoms with Gasteiger partial charge in [0.25, 0.3) is 0 Å². The lowest BCUT2D eigenvalue weighted by atomic mass is 10.2. The van der Waals surface area contributed by atoms with Gasteiger partial charge in [-0.1, -0.05) is 17.4 Å². The number of benzene rings is 2. The predicted octanol–water partition coefficient (Wildman–Crippen LogP) is 3.17. The molecule has 0 spiro atoms. The summed E-state index contributed by atoms with van der Waals surface area (Å²) in [4.78, 5) is 17.5. The number of aromatic nitrogens is 1. The number of anilines is 1. The first-order valence-electron chi connectivity index (χ1n) is 10.0. The molecule has 31 heavy (non-hydrogen) atoms. The maximum absolute atomic E-state index is 13.3. The molecule has 0 aliphatic carbocycles. The molecule has 1 N–H and O–H groups in total. The maximum atomic E-state index is 13.3. The Morgan fingerprint density at radius 1 is 1.16 bits per heavy atom. The van der Waals surface area contributed by atoms with Crippen LogP contribution in [0, 0.1) is 6.92 Å². The van der Waals surface area contributed by atoms with Gasteiger partial charge in [-0.15, -0.1) is 0 Å². The van der Waals surface area contributed by atoms with E-state index < -0.39 is 16.1 Å². The van der Waals surface area contributed by atoms with Crippen LogP contribution in [-0.2, 0) is 14.8 Å². The molecule has 10 heteroatoms. The molecule has 2 aliphatic rings. The van der Waals surface area contributed by atoms with Crippen molar-refractivity contribution in [3.63, 3.8) is 0 Å². The molecule has 1 atom stereocenters. The topological polar surface area (TPSA) is 97.8 Å². The zero-order chi connectivity index (χ0) is 21.6. The molecule has 3 heterocycles. The molecule has 0 bridgehead atoms. The number of thiazole rings is 1. The Bertz CT molecular complexity index is 1270. The van der Waals surface area contributed by atoms with Crippen LogP contribution in [0.3, 0.4) is 0 Å². The van der Waals surface area contributed by atoms with Crippen molar-refractivity contribution >= 4 is 42.6 Å². The van der Waals surface area contributed by atoms with Crippen molar-refractivity contribution in [2.24, 2.45) is 0 Å². The molecule has 162 valence electrons. The number of amides is 1. The Kier molecular flexibility index (Phi) is 5.07. The second-order valence-corrected chi connectivity index (χ2v) is 10.5. The molecule has 1 unspecified atom stereocenters. The molecule has 1 saturated heterocycles. The highest BCUT2D eigenvalue weighted by atomic mass is 32.2. The number of sulfonamides is 1. The Morgan fingerprint density at radius 2 is 1.97 bits per heavy atom. The number of hydrogen-bond acceptors (Lipinski definition) is 7. The van der Waals surface area contributed by atoms with Crippen LogP contribution in [0.25, 0.3) is 10.2 Å². The van der Waals surface area contributed by atoms with E-state index in [1.807, 2.05) is 25.1 Å². The third-order valence-corrected chi connectivity index (χ3v) is 8.24. The van der Waals surface area contributed by atoms with Gasteiger partial charge in [-0.25, -0.2) is 13.4 Å². The number of rotatable bonds is 4. The average molecular weight is 460 g/mol. The van der Waals surface area contributed by atoms with E-state index in [0.29, 0.717) is 42.7 Å². The second-order valence-electron chi connectivity index (χ2n) is 7.56. The Balaban J connectivity index is 1.38. The van der Waals surface area contributed by atoms with Gasteiger partial charge in [0, 0.05) is 12.6 Å². The predicted molar refractivity (Wildman–Crippen MR) is 117 cm³/mol. The lowest BCUT2D eigenvalue weighted by molar-refractivity contribution is -0.119. The summed E-state index contributed by atoms with van der Waals surface area (Å²) in [5.74, 6) is 0.554. The summed E-state index contributed by atoms with van der Waals surface area (Å²) >= 11 is 1.38. The third-order valence-electron chi connectivity index (χ3n) is 5.40. The quantitative estimate of drug-likeness (QED) is 0.644. The van der Waals surface area contributed by atoms with Crippen LogP contribution < -0.4 is 14.8 Å². The van der Waals surface area contributed by atoms with Crippen LogP contribution >= 0.6 is 11.3 Å². The van der Waals surface area contributed by atoms with Crippen molar-refractivity contribution in [2.75, 3.05) is 25.1 Å². The van der Waals surface area contributed by atoms with Gasteiger partial charge >= 0.3 is 0 Å². The third kappa shape index (κ3) is 3.75. The minimum absolute atomic E-state index is 0.0897. The average Bonchev–Trinajstić information content (AvgIpc) is 3.40. The minimum atomic E-state index is -3.87. The molecular formula is C21H21N3O5S2. The second kappa shape index (κ2) is 7.77. The first-order valence-corrected chi connectivity index (χ1v) is 12.3. The summed E-state index contributed by atoms with van der Waals surface area (Å²) in [5.41, 5.74) is 1.92. The number of carbonyl (C=O) groups is 1. The zero-order valence-electron chi connectivity index (χ0n) is 16.8. The molecule has 2 aromatic carbocycles. The Hall–Kier alpha value is -2.69. The highest BCUT2D eigenvalue weighted by molar-refractivity contribution is 7.89. The standard InChI is InChI=1S/C21H21N3O5S2/c1-13-4-6-15-19(11-13)30-21(22-15)23-20(25)16-3-2-8-24(16)31(26,27)14-5-7-17-18(12-14)29-10-9-28-17/h4-7,11-12,16H,2-3,8-10H2,1H3,(H,22,23,25). The van der Waals surface area contributed by atoms with E-state index in [4.69, 9.17) is 9.47 Å². The van der Waals surface area contributed by atoms with Gasteiger partial charge in [0.15, 0.2) is 16.6 Å². The van der Waals surface area contributed by atoms with Crippen molar-refractivity contribution < 1.29 is 22.7 Å². The van der Waals surface area contributed by atoms with Crippen LogP contribution in [0.15, 0.2) is 41.3 Å². The number of fused-ring (bicyclic) bond motifs is 2. The van der Waals surface area contributed by atoms with Crippen molar-refractivity contribution in [1.29, 1.82) is 0 Å². The summed E-state index contributed by atoms with van der Waals surface area (Å²) in [6.07, 6.45) is 1.07. The van der Waals surface area contributed by atoms with Crippen molar-refractivity contribution in [3.05, 3.63) is 42.0 Å². The van der Waals surface area contributed by atoms with Gasteiger partial charge in [-0.3, -0.25) is 4.79 Å². The summed E-state index contributed by atoms with van der Waals surface area (Å²) in [5, 5.41) is 3.28. The van der Waals surface area contributed by atoms with Gasteiger partial charge in [0.2, 0.25) is 15.9 Å². The summed E-state index contributed by atoms with van der Waals surface area (Å²) in [6.45, 7) is 3.08. The van der Waals surface area contributed by atoms with E-state index in [-0.39, 0.29) is 17.3 Å². The van der Waals surface area contributed by atoms with Crippen LogP contribution in [0.4, 0.5) is 5.13 Å². The summed E-state index contributed by atoms with van der Waals surface area (Å²) in [7, 11) is -3.87. The van der Waals surface area contributed by atoms with Gasteiger partial charge in [-0.2, -0.15) is 4.31 Å². The molecule has 1 fully saturated rings. The fraction of sp³-hybridized carbons (Fsp3) is 0.333. The largest absolute Gasteiger partial charge is 0.486 e. The highest BCUT2D eigenvalue weighted by Gasteiger charge is 2.40. The minimum Gasteiger partial charge on any atom is -0.486 e. The van der Waals surface area contributed by atoms with Crippen LogP contribution in [-0.4, -0.2) is 49.4 Å². The van der Waals surface area contributed by atoms with Gasteiger partial charge in [-0.05, 0) is 49.6 Å². The first kappa shape index (κ1) is 20.2. The maximum Gasteiger partial charge on any atom is 0.244 e. The van der Waals surface area contributed by atoms with E-state index >= 15 is 0 Å². The van der Waals surface area contributed by atoms with E-state index in [2.05, 4.69) is 10.3 Å². The normalized spacial score (nSPS) is 18.9. The Morgan fingerprint density at radius 3 is 2.81 bits per heavy atom. The molecule has 5 rings (SSSR count). The van der Waals surface area contributed by atoms with Crippen molar-refractivity contribution in [1.82, 2.24) is 9.29 Å². The number of hydrogen-bond donors (Lipinski definition) is 1. The Labute approximate surface area is 183 Å². The molecule has 3 aromatic rings.